The van der Waals surface area contributed by atoms with Crippen LogP contribution in [0.25, 0.3) is 11.4 Å². The van der Waals surface area contributed by atoms with Gasteiger partial charge in [-0.05, 0) is 25.5 Å². The smallest absolute Gasteiger partial charge is 0.163 e. The van der Waals surface area contributed by atoms with Gasteiger partial charge in [-0.2, -0.15) is 0 Å². The minimum atomic E-state index is 0.685. The van der Waals surface area contributed by atoms with Crippen LogP contribution in [0.1, 0.15) is 12.5 Å². The quantitative estimate of drug-likeness (QED) is 0.842. The lowest BCUT2D eigenvalue weighted by molar-refractivity contribution is 0.767. The molecule has 0 bridgehead atoms. The Morgan fingerprint density at radius 3 is 2.62 bits per heavy atom. The summed E-state index contributed by atoms with van der Waals surface area (Å²) in [5, 5.41) is 8.04. The van der Waals surface area contributed by atoms with Crippen LogP contribution in [-0.2, 0) is 13.0 Å². The summed E-state index contributed by atoms with van der Waals surface area (Å²) in [6, 6.07) is 8.33. The summed E-state index contributed by atoms with van der Waals surface area (Å²) in [6.07, 6.45) is 2.67. The van der Waals surface area contributed by atoms with Gasteiger partial charge in [0, 0.05) is 12.1 Å². The Balaban J connectivity index is 2.27. The van der Waals surface area contributed by atoms with E-state index >= 15 is 0 Å². The van der Waals surface area contributed by atoms with Gasteiger partial charge in [-0.3, -0.25) is 0 Å². The van der Waals surface area contributed by atoms with Crippen LogP contribution in [0, 0.1) is 0 Å². The average Bonchev–Trinajstić information content (AvgIpc) is 2.78. The number of nitrogens with two attached hydrogens (primary N) is 1. The van der Waals surface area contributed by atoms with E-state index in [1.165, 1.54) is 5.56 Å². The molecule has 0 amide bonds. The Hall–Kier alpha value is -1.68. The third-order valence-electron chi connectivity index (χ3n) is 2.60. The van der Waals surface area contributed by atoms with Crippen LogP contribution in [-0.4, -0.2) is 21.3 Å². The fourth-order valence-corrected chi connectivity index (χ4v) is 1.70. The first kappa shape index (κ1) is 10.8. The molecule has 2 N–H and O–H groups in total. The Morgan fingerprint density at radius 2 is 2.00 bits per heavy atom. The predicted molar refractivity (Wildman–Crippen MR) is 63.9 cm³/mol. The SMILES string of the molecule is CCn1cnnc1-c1ccc(CCN)cc1. The number of rotatable bonds is 4. The van der Waals surface area contributed by atoms with E-state index in [9.17, 15) is 0 Å². The third kappa shape index (κ3) is 2.12. The van der Waals surface area contributed by atoms with Gasteiger partial charge in [0.15, 0.2) is 5.82 Å². The lowest BCUT2D eigenvalue weighted by atomic mass is 10.1. The molecule has 0 spiro atoms. The van der Waals surface area contributed by atoms with Crippen molar-refractivity contribution in [3.8, 4) is 11.4 Å². The van der Waals surface area contributed by atoms with Crippen molar-refractivity contribution in [2.24, 2.45) is 5.73 Å². The zero-order chi connectivity index (χ0) is 11.4. The number of hydrogen-bond acceptors (Lipinski definition) is 3. The van der Waals surface area contributed by atoms with E-state index < -0.39 is 0 Å². The summed E-state index contributed by atoms with van der Waals surface area (Å²) < 4.78 is 2.03. The maximum atomic E-state index is 5.51. The van der Waals surface area contributed by atoms with Crippen molar-refractivity contribution in [2.45, 2.75) is 19.9 Å². The molecule has 2 aromatic rings. The highest BCUT2D eigenvalue weighted by Gasteiger charge is 2.05. The van der Waals surface area contributed by atoms with Crippen LogP contribution in [0.2, 0.25) is 0 Å². The number of aryl methyl sites for hydroxylation is 1. The van der Waals surface area contributed by atoms with E-state index in [2.05, 4.69) is 41.4 Å². The van der Waals surface area contributed by atoms with Gasteiger partial charge in [-0.1, -0.05) is 24.3 Å². The van der Waals surface area contributed by atoms with Crippen molar-refractivity contribution >= 4 is 0 Å². The standard InChI is InChI=1S/C12H16N4/c1-2-16-9-14-15-12(16)11-5-3-10(4-6-11)7-8-13/h3-6,9H,2,7-8,13H2,1H3. The molecule has 0 saturated carbocycles. The van der Waals surface area contributed by atoms with Gasteiger partial charge in [0.1, 0.15) is 6.33 Å². The van der Waals surface area contributed by atoms with Gasteiger partial charge in [-0.15, -0.1) is 10.2 Å². The molecule has 1 aromatic carbocycles. The third-order valence-corrected chi connectivity index (χ3v) is 2.60. The van der Waals surface area contributed by atoms with Crippen molar-refractivity contribution in [2.75, 3.05) is 6.54 Å². The Bertz CT molecular complexity index is 444. The van der Waals surface area contributed by atoms with Crippen LogP contribution in [0.5, 0.6) is 0 Å². The number of hydrogen-bond donors (Lipinski definition) is 1. The highest BCUT2D eigenvalue weighted by molar-refractivity contribution is 5.55. The molecule has 2 rings (SSSR count). The van der Waals surface area contributed by atoms with Crippen LogP contribution >= 0.6 is 0 Å². The molecule has 0 fully saturated rings. The predicted octanol–water partition coefficient (Wildman–Crippen LogP) is 1.47. The lowest BCUT2D eigenvalue weighted by Crippen LogP contribution is -2.02. The molecular weight excluding hydrogens is 200 g/mol. The molecule has 0 radical (unpaired) electrons. The van der Waals surface area contributed by atoms with Crippen LogP contribution < -0.4 is 5.73 Å². The summed E-state index contributed by atoms with van der Waals surface area (Å²) >= 11 is 0. The molecule has 0 atom stereocenters. The fraction of sp³-hybridized carbons (Fsp3) is 0.333. The highest BCUT2D eigenvalue weighted by Crippen LogP contribution is 2.17. The summed E-state index contributed by atoms with van der Waals surface area (Å²) in [5.74, 6) is 0.918. The van der Waals surface area contributed by atoms with Crippen LogP contribution in [0.3, 0.4) is 0 Å². The van der Waals surface area contributed by atoms with Gasteiger partial charge in [-0.25, -0.2) is 0 Å². The van der Waals surface area contributed by atoms with Gasteiger partial charge in [0.05, 0.1) is 0 Å². The van der Waals surface area contributed by atoms with E-state index in [1.54, 1.807) is 6.33 Å². The molecule has 1 aromatic heterocycles. The van der Waals surface area contributed by atoms with Gasteiger partial charge >= 0.3 is 0 Å². The molecule has 0 aliphatic carbocycles. The zero-order valence-electron chi connectivity index (χ0n) is 9.43. The molecule has 0 unspecified atom stereocenters. The summed E-state index contributed by atoms with van der Waals surface area (Å²) in [7, 11) is 0. The van der Waals surface area contributed by atoms with E-state index in [0.717, 1.165) is 24.4 Å². The van der Waals surface area contributed by atoms with Gasteiger partial charge in [0.2, 0.25) is 0 Å². The fourth-order valence-electron chi connectivity index (χ4n) is 1.70. The summed E-state index contributed by atoms with van der Waals surface area (Å²) in [6.45, 7) is 3.65. The zero-order valence-corrected chi connectivity index (χ0v) is 9.43. The first-order valence-corrected chi connectivity index (χ1v) is 5.52. The van der Waals surface area contributed by atoms with Gasteiger partial charge in [0.25, 0.3) is 0 Å². The normalized spacial score (nSPS) is 10.6. The molecule has 1 heterocycles. The van der Waals surface area contributed by atoms with Gasteiger partial charge < -0.3 is 10.3 Å². The van der Waals surface area contributed by atoms with E-state index in [0.29, 0.717) is 6.54 Å². The first-order chi connectivity index (χ1) is 7.85. The number of aromatic nitrogens is 3. The highest BCUT2D eigenvalue weighted by atomic mass is 15.3. The molecule has 4 heteroatoms. The molecule has 0 aliphatic rings. The monoisotopic (exact) mass is 216 g/mol. The summed E-state index contributed by atoms with van der Waals surface area (Å²) in [4.78, 5) is 0. The average molecular weight is 216 g/mol. The number of benzene rings is 1. The van der Waals surface area contributed by atoms with E-state index in [1.807, 2.05) is 4.57 Å². The van der Waals surface area contributed by atoms with Crippen molar-refractivity contribution in [3.63, 3.8) is 0 Å². The maximum Gasteiger partial charge on any atom is 0.163 e. The molecule has 16 heavy (non-hydrogen) atoms. The first-order valence-electron chi connectivity index (χ1n) is 5.52. The van der Waals surface area contributed by atoms with Crippen molar-refractivity contribution < 1.29 is 0 Å². The molecule has 0 aliphatic heterocycles. The Labute approximate surface area is 95.1 Å². The number of nitrogens with zero attached hydrogens (tertiary/aromatic N) is 3. The second-order valence-corrected chi connectivity index (χ2v) is 3.68. The minimum Gasteiger partial charge on any atom is -0.330 e. The minimum absolute atomic E-state index is 0.685. The topological polar surface area (TPSA) is 56.7 Å². The van der Waals surface area contributed by atoms with Crippen molar-refractivity contribution in [1.29, 1.82) is 0 Å². The van der Waals surface area contributed by atoms with Crippen LogP contribution in [0.4, 0.5) is 0 Å². The lowest BCUT2D eigenvalue weighted by Gasteiger charge is -2.04. The Kier molecular flexibility index (Phi) is 3.31. The second-order valence-electron chi connectivity index (χ2n) is 3.68. The largest absolute Gasteiger partial charge is 0.330 e. The molecule has 4 nitrogen and oxygen atoms in total. The van der Waals surface area contributed by atoms with Crippen molar-refractivity contribution in [1.82, 2.24) is 14.8 Å². The van der Waals surface area contributed by atoms with E-state index in [4.69, 9.17) is 5.73 Å². The van der Waals surface area contributed by atoms with Crippen molar-refractivity contribution in [3.05, 3.63) is 36.2 Å². The molecule has 84 valence electrons. The molecule has 0 saturated heterocycles. The molecular formula is C12H16N4. The van der Waals surface area contributed by atoms with E-state index in [-0.39, 0.29) is 0 Å². The summed E-state index contributed by atoms with van der Waals surface area (Å²) in [5.41, 5.74) is 7.87. The second kappa shape index (κ2) is 4.90. The maximum absolute atomic E-state index is 5.51. The van der Waals surface area contributed by atoms with Crippen LogP contribution in [0.15, 0.2) is 30.6 Å². The Morgan fingerprint density at radius 1 is 1.25 bits per heavy atom.